The number of carbonyl (C=O) groups is 4. The van der Waals surface area contributed by atoms with Crippen LogP contribution in [0.15, 0.2) is 65.5 Å². The number of Topliss-reactive ketones (excluding diaryl/α,β-unsaturated/α-hetero) is 2. The van der Waals surface area contributed by atoms with Crippen LogP contribution in [0.4, 0.5) is 5.69 Å². The number of nitrogens with one attached hydrogen (secondary N) is 1. The normalized spacial score (nSPS) is 16.1. The van der Waals surface area contributed by atoms with E-state index in [0.717, 1.165) is 74.0 Å². The summed E-state index contributed by atoms with van der Waals surface area (Å²) in [4.78, 5) is 80.7. The summed E-state index contributed by atoms with van der Waals surface area (Å²) >= 11 is 0. The molecule has 2 amide bonds. The number of benzene rings is 4. The Labute approximate surface area is 361 Å². The molecule has 10 heteroatoms. The van der Waals surface area contributed by atoms with Crippen LogP contribution in [0, 0.1) is 19.8 Å². The van der Waals surface area contributed by atoms with Gasteiger partial charge >= 0.3 is 0 Å². The van der Waals surface area contributed by atoms with Gasteiger partial charge in [-0.2, -0.15) is 0 Å². The van der Waals surface area contributed by atoms with E-state index in [-0.39, 0.29) is 38.9 Å². The highest BCUT2D eigenvalue weighted by Gasteiger charge is 2.43. The molecule has 1 fully saturated rings. The van der Waals surface area contributed by atoms with E-state index in [1.807, 2.05) is 24.3 Å². The molecule has 9 rings (SSSR count). The molecule has 0 spiro atoms. The molecule has 0 saturated heterocycles. The van der Waals surface area contributed by atoms with E-state index in [1.54, 1.807) is 36.4 Å². The number of hydrogen-bond acceptors (Lipinski definition) is 7. The average Bonchev–Trinajstić information content (AvgIpc) is 3.90. The number of amides is 2. The van der Waals surface area contributed by atoms with Crippen LogP contribution in [-0.2, 0) is 12.8 Å². The summed E-state index contributed by atoms with van der Waals surface area (Å²) in [7, 11) is 0. The predicted octanol–water partition coefficient (Wildman–Crippen LogP) is 10.8. The number of H-pyrrole nitrogens is 1. The number of aromatic amines is 1. The highest BCUT2D eigenvalue weighted by atomic mass is 16.5. The molecule has 1 unspecified atom stereocenters. The smallest absolute Gasteiger partial charge is 0.266 e. The van der Waals surface area contributed by atoms with Crippen LogP contribution >= 0.6 is 0 Å². The molecule has 10 nitrogen and oxygen atoms in total. The van der Waals surface area contributed by atoms with E-state index in [9.17, 15) is 24.0 Å². The number of carbonyl (C=O) groups excluding carboxylic acids is 4. The van der Waals surface area contributed by atoms with Gasteiger partial charge < -0.3 is 14.3 Å². The molecule has 318 valence electrons. The number of unbranched alkanes of at least 4 members (excludes halogenated alkanes) is 1. The summed E-state index contributed by atoms with van der Waals surface area (Å²) in [5, 5.41) is 0.891. The first-order valence-corrected chi connectivity index (χ1v) is 22.6. The van der Waals surface area contributed by atoms with Crippen LogP contribution in [0.1, 0.15) is 166 Å². The lowest BCUT2D eigenvalue weighted by Crippen LogP contribution is -2.41. The van der Waals surface area contributed by atoms with Gasteiger partial charge in [0.05, 0.1) is 23.2 Å². The maximum Gasteiger partial charge on any atom is 0.266 e. The molecule has 0 radical (unpaired) electrons. The lowest BCUT2D eigenvalue weighted by Gasteiger charge is -2.31. The summed E-state index contributed by atoms with van der Waals surface area (Å²) in [6.07, 6.45) is 10.5. The summed E-state index contributed by atoms with van der Waals surface area (Å²) in [6.45, 7) is 13.3. The zero-order valence-electron chi connectivity index (χ0n) is 36.6. The third kappa shape index (κ3) is 6.52. The number of imide groups is 1. The van der Waals surface area contributed by atoms with Crippen molar-refractivity contribution in [3.05, 3.63) is 127 Å². The van der Waals surface area contributed by atoms with Crippen molar-refractivity contribution in [2.24, 2.45) is 5.92 Å². The summed E-state index contributed by atoms with van der Waals surface area (Å²) in [5.41, 5.74) is 7.94. The first-order valence-electron chi connectivity index (χ1n) is 22.6. The number of aromatic nitrogens is 3. The highest BCUT2D eigenvalue weighted by Crippen LogP contribution is 2.45. The summed E-state index contributed by atoms with van der Waals surface area (Å²) < 4.78 is 8.73. The Hall–Kier alpha value is -6.16. The van der Waals surface area contributed by atoms with Crippen molar-refractivity contribution in [2.75, 3.05) is 11.5 Å². The molecule has 4 aromatic carbocycles. The molecule has 2 aromatic heterocycles. The number of anilines is 1. The molecule has 1 N–H and O–H groups in total. The maximum absolute atomic E-state index is 14.6. The fraction of sp³-hybridized carbons (Fsp3) is 0.385. The van der Waals surface area contributed by atoms with Gasteiger partial charge in [0.15, 0.2) is 11.6 Å². The Kier molecular flexibility index (Phi) is 10.8. The third-order valence-electron chi connectivity index (χ3n) is 14.0. The van der Waals surface area contributed by atoms with Gasteiger partial charge in [0.1, 0.15) is 17.5 Å². The van der Waals surface area contributed by atoms with E-state index in [4.69, 9.17) is 9.72 Å². The Morgan fingerprint density at radius 1 is 0.758 bits per heavy atom. The molecule has 1 atom stereocenters. The molecule has 2 aliphatic carbocycles. The SMILES string of the molecule is CCCCC(CC)COc1cc(C2CCCC2)ccc1N1C(=O)c2ccc3c4c(ccc(c24)C1=O)C(=O)C(c1nc2ccc(-n4c(C)c(CC)c(CC)c4C)cc2c(=O)[nH]1)C3=O. The van der Waals surface area contributed by atoms with Crippen molar-refractivity contribution in [3.8, 4) is 11.4 Å². The molecule has 0 bridgehead atoms. The predicted molar refractivity (Wildman–Crippen MR) is 243 cm³/mol. The first-order chi connectivity index (χ1) is 30.0. The van der Waals surface area contributed by atoms with Crippen LogP contribution in [0.5, 0.6) is 5.75 Å². The fourth-order valence-corrected chi connectivity index (χ4v) is 10.6. The van der Waals surface area contributed by atoms with Gasteiger partial charge in [0.25, 0.3) is 17.4 Å². The van der Waals surface area contributed by atoms with Gasteiger partial charge in [0.2, 0.25) is 0 Å². The van der Waals surface area contributed by atoms with Gasteiger partial charge in [0, 0.05) is 50.1 Å². The Morgan fingerprint density at radius 2 is 1.37 bits per heavy atom. The van der Waals surface area contributed by atoms with Crippen LogP contribution < -0.4 is 15.2 Å². The molecule has 3 aliphatic rings. The van der Waals surface area contributed by atoms with E-state index in [0.29, 0.717) is 40.8 Å². The second-order valence-electron chi connectivity index (χ2n) is 17.4. The molecule has 1 saturated carbocycles. The Morgan fingerprint density at radius 3 is 1.97 bits per heavy atom. The second kappa shape index (κ2) is 16.3. The van der Waals surface area contributed by atoms with Crippen molar-refractivity contribution in [2.45, 2.75) is 118 Å². The quantitative estimate of drug-likeness (QED) is 0.0905. The fourth-order valence-electron chi connectivity index (χ4n) is 10.6. The first kappa shape index (κ1) is 41.2. The van der Waals surface area contributed by atoms with Crippen LogP contribution in [0.3, 0.4) is 0 Å². The van der Waals surface area contributed by atoms with E-state index >= 15 is 0 Å². The number of rotatable bonds is 13. The molecular formula is C52H54N4O6. The van der Waals surface area contributed by atoms with Gasteiger partial charge in [-0.15, -0.1) is 0 Å². The topological polar surface area (TPSA) is 131 Å². The molecular weight excluding hydrogens is 777 g/mol. The molecule has 1 aliphatic heterocycles. The van der Waals surface area contributed by atoms with Crippen molar-refractivity contribution in [3.63, 3.8) is 0 Å². The number of ketones is 2. The monoisotopic (exact) mass is 830 g/mol. The summed E-state index contributed by atoms with van der Waals surface area (Å²) in [6, 6.07) is 17.6. The minimum Gasteiger partial charge on any atom is -0.491 e. The standard InChI is InChI=1S/C52H54N4O6/c1-7-11-14-30(8-2)27-62-43-25-32(31-15-12-13-16-31)17-24-42(43)56-51(60)38-21-19-36-44-37(20-22-39(45(38)44)52(56)61)48(58)46(47(36)57)49-53-41-23-18-33(26-40(41)50(59)54-49)55-28(5)34(9-3)35(10-4)29(55)6/h17-26,30-31,46H,7-16,27H2,1-6H3,(H,53,54,59). The van der Waals surface area contributed by atoms with E-state index in [1.165, 1.54) is 28.9 Å². The zero-order chi connectivity index (χ0) is 43.6. The van der Waals surface area contributed by atoms with Crippen LogP contribution in [0.2, 0.25) is 0 Å². The highest BCUT2D eigenvalue weighted by molar-refractivity contribution is 6.40. The maximum atomic E-state index is 14.6. The Bertz CT molecular complexity index is 2820. The van der Waals surface area contributed by atoms with Crippen molar-refractivity contribution >= 4 is 50.7 Å². The minimum atomic E-state index is -1.42. The number of hydrogen-bond donors (Lipinski definition) is 1. The second-order valence-corrected chi connectivity index (χ2v) is 17.4. The molecule has 6 aromatic rings. The number of nitrogens with zero attached hydrogens (tertiary/aromatic N) is 3. The van der Waals surface area contributed by atoms with E-state index < -0.39 is 34.9 Å². The van der Waals surface area contributed by atoms with Gasteiger partial charge in [-0.1, -0.05) is 65.9 Å². The molecule has 62 heavy (non-hydrogen) atoms. The lowest BCUT2D eigenvalue weighted by molar-refractivity contribution is 0.0842. The number of fused-ring (bicyclic) bond motifs is 1. The third-order valence-corrected chi connectivity index (χ3v) is 14.0. The van der Waals surface area contributed by atoms with Crippen LogP contribution in [-0.4, -0.2) is 44.5 Å². The van der Waals surface area contributed by atoms with Crippen molar-refractivity contribution in [1.82, 2.24) is 14.5 Å². The van der Waals surface area contributed by atoms with Gasteiger partial charge in [-0.3, -0.25) is 24.0 Å². The van der Waals surface area contributed by atoms with E-state index in [2.05, 4.69) is 51.1 Å². The van der Waals surface area contributed by atoms with Gasteiger partial charge in [-0.05, 0) is 129 Å². The largest absolute Gasteiger partial charge is 0.491 e. The minimum absolute atomic E-state index is 0.0499. The summed E-state index contributed by atoms with van der Waals surface area (Å²) in [5.74, 6) is -2.43. The van der Waals surface area contributed by atoms with Gasteiger partial charge in [-0.25, -0.2) is 9.88 Å². The zero-order valence-corrected chi connectivity index (χ0v) is 36.6. The van der Waals surface area contributed by atoms with Crippen LogP contribution in [0.25, 0.3) is 27.4 Å². The molecule has 3 heterocycles. The van der Waals surface area contributed by atoms with Crippen molar-refractivity contribution < 1.29 is 23.9 Å². The lowest BCUT2D eigenvalue weighted by atomic mass is 9.76. The Balaban J connectivity index is 1.07. The van der Waals surface area contributed by atoms with Crippen molar-refractivity contribution in [1.29, 1.82) is 0 Å². The average molecular weight is 831 g/mol. The number of ether oxygens (including phenoxy) is 1.